The lowest BCUT2D eigenvalue weighted by Crippen LogP contribution is -2.01. The maximum absolute atomic E-state index is 10.8. The van der Waals surface area contributed by atoms with Crippen molar-refractivity contribution in [2.24, 2.45) is 0 Å². The first-order chi connectivity index (χ1) is 6.06. The van der Waals surface area contributed by atoms with Crippen LogP contribution in [0, 0.1) is 13.8 Å². The van der Waals surface area contributed by atoms with Crippen LogP contribution in [0.5, 0.6) is 0 Å². The third-order valence-electron chi connectivity index (χ3n) is 1.95. The number of hydrogen-bond donors (Lipinski definition) is 1. The van der Waals surface area contributed by atoms with E-state index in [1.54, 1.807) is 17.8 Å². The number of carboxylic acids is 1. The highest BCUT2D eigenvalue weighted by atomic mass is 32.2. The largest absolute Gasteiger partial charge is 0.478 e. The number of thioether (sulfide) groups is 1. The number of carbonyl (C=O) groups is 1. The van der Waals surface area contributed by atoms with Crippen LogP contribution in [0.2, 0.25) is 0 Å². The maximum Gasteiger partial charge on any atom is 0.336 e. The topological polar surface area (TPSA) is 37.3 Å². The molecule has 2 nitrogen and oxygen atoms in total. The highest BCUT2D eigenvalue weighted by molar-refractivity contribution is 7.98. The van der Waals surface area contributed by atoms with Crippen molar-refractivity contribution in [1.29, 1.82) is 0 Å². The van der Waals surface area contributed by atoms with Crippen molar-refractivity contribution in [2.45, 2.75) is 18.7 Å². The third kappa shape index (κ3) is 2.04. The third-order valence-corrected chi connectivity index (χ3v) is 2.82. The number of rotatable bonds is 2. The van der Waals surface area contributed by atoms with Gasteiger partial charge in [0.15, 0.2) is 0 Å². The van der Waals surface area contributed by atoms with Gasteiger partial charge in [0.1, 0.15) is 0 Å². The number of benzene rings is 1. The Morgan fingerprint density at radius 1 is 1.38 bits per heavy atom. The minimum atomic E-state index is -0.850. The summed E-state index contributed by atoms with van der Waals surface area (Å²) in [4.78, 5) is 11.9. The van der Waals surface area contributed by atoms with Gasteiger partial charge in [-0.15, -0.1) is 11.8 Å². The molecule has 0 fully saturated rings. The standard InChI is InChI=1S/C10H12O2S/c1-6-4-8(10(11)12)7(2)9(5-6)13-3/h4-5H,1-3H3,(H,11,12). The second-order valence-corrected chi connectivity index (χ2v) is 3.79. The van der Waals surface area contributed by atoms with Gasteiger partial charge in [0.05, 0.1) is 5.56 Å². The maximum atomic E-state index is 10.8. The molecule has 13 heavy (non-hydrogen) atoms. The van der Waals surface area contributed by atoms with Gasteiger partial charge in [0, 0.05) is 4.90 Å². The van der Waals surface area contributed by atoms with E-state index < -0.39 is 5.97 Å². The number of hydrogen-bond acceptors (Lipinski definition) is 2. The molecule has 0 atom stereocenters. The second kappa shape index (κ2) is 3.83. The van der Waals surface area contributed by atoms with Gasteiger partial charge in [0.2, 0.25) is 0 Å². The van der Waals surface area contributed by atoms with Crippen LogP contribution < -0.4 is 0 Å². The summed E-state index contributed by atoms with van der Waals surface area (Å²) in [5.41, 5.74) is 2.25. The summed E-state index contributed by atoms with van der Waals surface area (Å²) in [5.74, 6) is -0.850. The van der Waals surface area contributed by atoms with Crippen molar-refractivity contribution in [1.82, 2.24) is 0 Å². The molecule has 1 aromatic carbocycles. The summed E-state index contributed by atoms with van der Waals surface area (Å²) >= 11 is 1.58. The second-order valence-electron chi connectivity index (χ2n) is 2.94. The van der Waals surface area contributed by atoms with E-state index in [1.807, 2.05) is 26.2 Å². The molecule has 3 heteroatoms. The molecule has 0 aliphatic carbocycles. The highest BCUT2D eigenvalue weighted by Crippen LogP contribution is 2.24. The van der Waals surface area contributed by atoms with Crippen LogP contribution in [-0.2, 0) is 0 Å². The molecule has 1 rings (SSSR count). The fraction of sp³-hybridized carbons (Fsp3) is 0.300. The summed E-state index contributed by atoms with van der Waals surface area (Å²) in [6, 6.07) is 3.71. The van der Waals surface area contributed by atoms with E-state index in [2.05, 4.69) is 0 Å². The van der Waals surface area contributed by atoms with Gasteiger partial charge >= 0.3 is 5.97 Å². The Hall–Kier alpha value is -0.960. The van der Waals surface area contributed by atoms with Gasteiger partial charge in [0.25, 0.3) is 0 Å². The molecule has 0 saturated carbocycles. The zero-order chi connectivity index (χ0) is 10.0. The van der Waals surface area contributed by atoms with Gasteiger partial charge < -0.3 is 5.11 Å². The Morgan fingerprint density at radius 3 is 2.46 bits per heavy atom. The molecular formula is C10H12O2S. The summed E-state index contributed by atoms with van der Waals surface area (Å²) < 4.78 is 0. The Labute approximate surface area is 82.0 Å². The quantitative estimate of drug-likeness (QED) is 0.739. The van der Waals surface area contributed by atoms with Crippen LogP contribution in [0.1, 0.15) is 21.5 Å². The SMILES string of the molecule is CSc1cc(C)cc(C(=O)O)c1C. The summed E-state index contributed by atoms with van der Waals surface area (Å²) in [6.45, 7) is 3.75. The van der Waals surface area contributed by atoms with E-state index in [0.717, 1.165) is 16.0 Å². The smallest absolute Gasteiger partial charge is 0.336 e. The molecule has 70 valence electrons. The van der Waals surface area contributed by atoms with Gasteiger partial charge in [-0.1, -0.05) is 0 Å². The van der Waals surface area contributed by atoms with Crippen molar-refractivity contribution >= 4 is 17.7 Å². The van der Waals surface area contributed by atoms with E-state index >= 15 is 0 Å². The molecule has 0 heterocycles. The molecule has 1 N–H and O–H groups in total. The predicted octanol–water partition coefficient (Wildman–Crippen LogP) is 2.72. The Kier molecular flexibility index (Phi) is 2.98. The van der Waals surface area contributed by atoms with E-state index in [-0.39, 0.29) is 0 Å². The van der Waals surface area contributed by atoms with Crippen LogP contribution in [0.3, 0.4) is 0 Å². The average molecular weight is 196 g/mol. The number of aromatic carboxylic acids is 1. The predicted molar refractivity (Wildman–Crippen MR) is 54.7 cm³/mol. The average Bonchev–Trinajstić information content (AvgIpc) is 2.08. The minimum absolute atomic E-state index is 0.407. The Balaban J connectivity index is 3.35. The lowest BCUT2D eigenvalue weighted by molar-refractivity contribution is 0.0695. The molecule has 0 amide bonds. The van der Waals surface area contributed by atoms with Gasteiger partial charge in [-0.05, 0) is 43.4 Å². The van der Waals surface area contributed by atoms with Crippen molar-refractivity contribution in [3.05, 3.63) is 28.8 Å². The zero-order valence-electron chi connectivity index (χ0n) is 7.92. The molecule has 0 bridgehead atoms. The fourth-order valence-electron chi connectivity index (χ4n) is 1.26. The summed E-state index contributed by atoms with van der Waals surface area (Å²) in [7, 11) is 0. The van der Waals surface area contributed by atoms with Gasteiger partial charge in [-0.25, -0.2) is 4.79 Å². The fourth-order valence-corrected chi connectivity index (χ4v) is 1.98. The van der Waals surface area contributed by atoms with E-state index in [9.17, 15) is 4.79 Å². The van der Waals surface area contributed by atoms with Crippen LogP contribution in [0.15, 0.2) is 17.0 Å². The number of aryl methyl sites for hydroxylation is 1. The molecule has 0 unspecified atom stereocenters. The lowest BCUT2D eigenvalue weighted by Gasteiger charge is -2.07. The van der Waals surface area contributed by atoms with E-state index in [4.69, 9.17) is 5.11 Å². The zero-order valence-corrected chi connectivity index (χ0v) is 8.73. The highest BCUT2D eigenvalue weighted by Gasteiger charge is 2.10. The first-order valence-corrected chi connectivity index (χ1v) is 5.17. The monoisotopic (exact) mass is 196 g/mol. The summed E-state index contributed by atoms with van der Waals surface area (Å²) in [6.07, 6.45) is 1.95. The summed E-state index contributed by atoms with van der Waals surface area (Å²) in [5, 5.41) is 8.90. The van der Waals surface area contributed by atoms with Crippen LogP contribution in [0.25, 0.3) is 0 Å². The van der Waals surface area contributed by atoms with Gasteiger partial charge in [-0.2, -0.15) is 0 Å². The molecule has 0 aromatic heterocycles. The van der Waals surface area contributed by atoms with E-state index in [0.29, 0.717) is 5.56 Å². The molecule has 0 aliphatic heterocycles. The van der Waals surface area contributed by atoms with Crippen LogP contribution in [-0.4, -0.2) is 17.3 Å². The Bertz CT molecular complexity index is 345. The lowest BCUT2D eigenvalue weighted by atomic mass is 10.1. The molecule has 0 radical (unpaired) electrons. The molecule has 1 aromatic rings. The minimum Gasteiger partial charge on any atom is -0.478 e. The number of carboxylic acid groups (broad SMARTS) is 1. The van der Waals surface area contributed by atoms with Crippen molar-refractivity contribution < 1.29 is 9.90 Å². The first-order valence-electron chi connectivity index (χ1n) is 3.94. The van der Waals surface area contributed by atoms with Crippen molar-refractivity contribution in [3.8, 4) is 0 Å². The van der Waals surface area contributed by atoms with Gasteiger partial charge in [-0.3, -0.25) is 0 Å². The Morgan fingerprint density at radius 2 is 2.00 bits per heavy atom. The van der Waals surface area contributed by atoms with Crippen LogP contribution in [0.4, 0.5) is 0 Å². The molecule has 0 spiro atoms. The first kappa shape index (κ1) is 10.1. The van der Waals surface area contributed by atoms with E-state index in [1.165, 1.54) is 0 Å². The van der Waals surface area contributed by atoms with Crippen LogP contribution >= 0.6 is 11.8 Å². The van der Waals surface area contributed by atoms with Crippen molar-refractivity contribution in [3.63, 3.8) is 0 Å². The molecular weight excluding hydrogens is 184 g/mol. The van der Waals surface area contributed by atoms with Crippen molar-refractivity contribution in [2.75, 3.05) is 6.26 Å². The normalized spacial score (nSPS) is 10.1. The molecule has 0 saturated heterocycles. The molecule has 0 aliphatic rings.